The van der Waals surface area contributed by atoms with Crippen LogP contribution in [0.5, 0.6) is 0 Å². The molecular formula is C7H13N. The van der Waals surface area contributed by atoms with E-state index >= 15 is 0 Å². The minimum atomic E-state index is 0.972. The summed E-state index contributed by atoms with van der Waals surface area (Å²) < 4.78 is 0. The quantitative estimate of drug-likeness (QED) is 0.460. The van der Waals surface area contributed by atoms with Gasteiger partial charge in [-0.1, -0.05) is 6.92 Å². The zero-order chi connectivity index (χ0) is 5.56. The Kier molecular flexibility index (Phi) is 0.884. The summed E-state index contributed by atoms with van der Waals surface area (Å²) in [6.45, 7) is 3.71. The van der Waals surface area contributed by atoms with E-state index in [1.54, 1.807) is 0 Å². The molecule has 0 bridgehead atoms. The van der Waals surface area contributed by atoms with Crippen molar-refractivity contribution < 1.29 is 0 Å². The smallest absolute Gasteiger partial charge is 0.0227 e. The minimum absolute atomic E-state index is 0.972. The molecule has 3 unspecified atom stereocenters. The summed E-state index contributed by atoms with van der Waals surface area (Å²) in [5.74, 6) is 0. The number of hydrogen-bond donors (Lipinski definition) is 0. The Hall–Kier alpha value is -0.0400. The van der Waals surface area contributed by atoms with Crippen LogP contribution in [0.2, 0.25) is 0 Å². The molecule has 3 atom stereocenters. The van der Waals surface area contributed by atoms with Crippen LogP contribution in [0.4, 0.5) is 0 Å². The second-order valence-corrected chi connectivity index (χ2v) is 2.99. The van der Waals surface area contributed by atoms with Gasteiger partial charge in [0.25, 0.3) is 0 Å². The van der Waals surface area contributed by atoms with Crippen LogP contribution < -0.4 is 0 Å². The average molecular weight is 111 g/mol. The molecule has 8 heavy (non-hydrogen) atoms. The van der Waals surface area contributed by atoms with Gasteiger partial charge in [0, 0.05) is 18.6 Å². The monoisotopic (exact) mass is 111 g/mol. The average Bonchev–Trinajstić information content (AvgIpc) is 2.46. The van der Waals surface area contributed by atoms with Crippen molar-refractivity contribution in [2.24, 2.45) is 0 Å². The molecule has 0 amide bonds. The van der Waals surface area contributed by atoms with Gasteiger partial charge in [0.1, 0.15) is 0 Å². The highest BCUT2D eigenvalue weighted by molar-refractivity contribution is 5.00. The van der Waals surface area contributed by atoms with Crippen molar-refractivity contribution in [3.8, 4) is 0 Å². The molecule has 0 N–H and O–H groups in total. The van der Waals surface area contributed by atoms with Crippen molar-refractivity contribution in [3.63, 3.8) is 0 Å². The molecule has 2 saturated heterocycles. The fraction of sp³-hybridized carbons (Fsp3) is 1.00. The third-order valence-electron chi connectivity index (χ3n) is 2.53. The zero-order valence-corrected chi connectivity index (χ0v) is 5.43. The maximum Gasteiger partial charge on any atom is 0.0227 e. The highest BCUT2D eigenvalue weighted by Gasteiger charge is 2.43. The molecule has 2 heterocycles. The number of piperidine rings is 1. The predicted molar refractivity (Wildman–Crippen MR) is 33.8 cm³/mol. The van der Waals surface area contributed by atoms with Gasteiger partial charge in [0.2, 0.25) is 0 Å². The lowest BCUT2D eigenvalue weighted by Gasteiger charge is -2.07. The fourth-order valence-electron chi connectivity index (χ4n) is 1.89. The molecule has 2 aliphatic heterocycles. The lowest BCUT2D eigenvalue weighted by molar-refractivity contribution is 0.412. The Morgan fingerprint density at radius 2 is 2.38 bits per heavy atom. The van der Waals surface area contributed by atoms with E-state index in [1.165, 1.54) is 25.8 Å². The van der Waals surface area contributed by atoms with E-state index in [2.05, 4.69) is 11.8 Å². The lowest BCUT2D eigenvalue weighted by Crippen LogP contribution is -2.12. The van der Waals surface area contributed by atoms with Crippen LogP contribution in [0.25, 0.3) is 0 Å². The van der Waals surface area contributed by atoms with E-state index in [4.69, 9.17) is 0 Å². The van der Waals surface area contributed by atoms with Crippen molar-refractivity contribution in [3.05, 3.63) is 0 Å². The van der Waals surface area contributed by atoms with E-state index in [0.29, 0.717) is 0 Å². The van der Waals surface area contributed by atoms with Crippen LogP contribution in [0.1, 0.15) is 26.2 Å². The molecule has 0 radical (unpaired) electrons. The largest absolute Gasteiger partial charge is 0.295 e. The van der Waals surface area contributed by atoms with Gasteiger partial charge in [-0.15, -0.1) is 0 Å². The first kappa shape index (κ1) is 4.80. The molecule has 0 spiro atoms. The normalized spacial score (nSPS) is 51.4. The van der Waals surface area contributed by atoms with Gasteiger partial charge >= 0.3 is 0 Å². The second kappa shape index (κ2) is 1.47. The molecule has 0 aromatic heterocycles. The van der Waals surface area contributed by atoms with Crippen molar-refractivity contribution in [1.82, 2.24) is 4.90 Å². The third-order valence-corrected chi connectivity index (χ3v) is 2.53. The highest BCUT2D eigenvalue weighted by Crippen LogP contribution is 2.36. The second-order valence-electron chi connectivity index (χ2n) is 2.99. The molecule has 1 heteroatoms. The molecule has 2 fully saturated rings. The first-order chi connectivity index (χ1) is 3.92. The summed E-state index contributed by atoms with van der Waals surface area (Å²) in [4.78, 5) is 2.62. The molecule has 1 nitrogen and oxygen atoms in total. The van der Waals surface area contributed by atoms with Crippen molar-refractivity contribution in [2.75, 3.05) is 6.54 Å². The Morgan fingerprint density at radius 1 is 1.50 bits per heavy atom. The van der Waals surface area contributed by atoms with E-state index in [1.807, 2.05) is 0 Å². The number of fused-ring (bicyclic) bond motifs is 1. The Morgan fingerprint density at radius 3 is 2.62 bits per heavy atom. The van der Waals surface area contributed by atoms with Gasteiger partial charge in [-0.25, -0.2) is 0 Å². The maximum atomic E-state index is 2.62. The molecule has 0 aliphatic carbocycles. The molecule has 0 aromatic rings. The minimum Gasteiger partial charge on any atom is -0.295 e. The standard InChI is InChI=1S/C7H13N/c1-2-6-3-4-7-5-8(6)7/h6-7H,2-5H2,1H3. The summed E-state index contributed by atoms with van der Waals surface area (Å²) in [6.07, 6.45) is 4.33. The fourth-order valence-corrected chi connectivity index (χ4v) is 1.89. The van der Waals surface area contributed by atoms with E-state index in [9.17, 15) is 0 Å². The molecule has 0 saturated carbocycles. The molecular weight excluding hydrogens is 98.1 g/mol. The van der Waals surface area contributed by atoms with Crippen LogP contribution in [-0.4, -0.2) is 23.5 Å². The SMILES string of the molecule is CCC1CCC2CN12. The number of hydrogen-bond acceptors (Lipinski definition) is 1. The van der Waals surface area contributed by atoms with Gasteiger partial charge in [-0.3, -0.25) is 4.90 Å². The summed E-state index contributed by atoms with van der Waals surface area (Å²) in [7, 11) is 0. The molecule has 46 valence electrons. The predicted octanol–water partition coefficient (Wildman–Crippen LogP) is 1.24. The van der Waals surface area contributed by atoms with Crippen molar-refractivity contribution >= 4 is 0 Å². The molecule has 2 rings (SSSR count). The van der Waals surface area contributed by atoms with Crippen LogP contribution >= 0.6 is 0 Å². The Balaban J connectivity index is 1.97. The summed E-state index contributed by atoms with van der Waals surface area (Å²) in [6, 6.07) is 2.00. The Bertz CT molecular complexity index is 101. The van der Waals surface area contributed by atoms with Crippen LogP contribution in [0.3, 0.4) is 0 Å². The third kappa shape index (κ3) is 0.510. The first-order valence-corrected chi connectivity index (χ1v) is 3.67. The van der Waals surface area contributed by atoms with E-state index in [-0.39, 0.29) is 0 Å². The number of rotatable bonds is 1. The van der Waals surface area contributed by atoms with Gasteiger partial charge in [-0.2, -0.15) is 0 Å². The Labute approximate surface area is 50.7 Å². The van der Waals surface area contributed by atoms with Crippen LogP contribution in [0.15, 0.2) is 0 Å². The number of nitrogens with zero attached hydrogens (tertiary/aromatic N) is 1. The highest BCUT2D eigenvalue weighted by atomic mass is 15.3. The molecule has 2 aliphatic rings. The van der Waals surface area contributed by atoms with E-state index in [0.717, 1.165) is 12.1 Å². The zero-order valence-electron chi connectivity index (χ0n) is 5.43. The van der Waals surface area contributed by atoms with Gasteiger partial charge in [0.05, 0.1) is 0 Å². The molecule has 0 aromatic carbocycles. The summed E-state index contributed by atoms with van der Waals surface area (Å²) in [5, 5.41) is 0. The van der Waals surface area contributed by atoms with Crippen LogP contribution in [-0.2, 0) is 0 Å². The van der Waals surface area contributed by atoms with Gasteiger partial charge in [-0.05, 0) is 19.3 Å². The summed E-state index contributed by atoms with van der Waals surface area (Å²) >= 11 is 0. The maximum absolute atomic E-state index is 2.62. The van der Waals surface area contributed by atoms with E-state index < -0.39 is 0 Å². The van der Waals surface area contributed by atoms with Crippen molar-refractivity contribution in [2.45, 2.75) is 38.3 Å². The van der Waals surface area contributed by atoms with Gasteiger partial charge in [0.15, 0.2) is 0 Å². The topological polar surface area (TPSA) is 3.01 Å². The first-order valence-electron chi connectivity index (χ1n) is 3.67. The van der Waals surface area contributed by atoms with Crippen LogP contribution in [0, 0.1) is 0 Å². The summed E-state index contributed by atoms with van der Waals surface area (Å²) in [5.41, 5.74) is 0. The van der Waals surface area contributed by atoms with Gasteiger partial charge < -0.3 is 0 Å². The van der Waals surface area contributed by atoms with Crippen molar-refractivity contribution in [1.29, 1.82) is 0 Å². The lowest BCUT2D eigenvalue weighted by atomic mass is 10.1.